The Kier molecular flexibility index (Phi) is 5.91. The Bertz CT molecular complexity index is 982. The van der Waals surface area contributed by atoms with Gasteiger partial charge in [-0.05, 0) is 31.2 Å². The van der Waals surface area contributed by atoms with Gasteiger partial charge in [-0.3, -0.25) is 0 Å². The van der Waals surface area contributed by atoms with Crippen LogP contribution in [0.3, 0.4) is 0 Å². The predicted octanol–water partition coefficient (Wildman–Crippen LogP) is 3.99. The molecule has 0 radical (unpaired) electrons. The summed E-state index contributed by atoms with van der Waals surface area (Å²) >= 11 is 0. The summed E-state index contributed by atoms with van der Waals surface area (Å²) in [5.74, 6) is 6.89. The Morgan fingerprint density at radius 1 is 1.15 bits per heavy atom. The first-order valence-electron chi connectivity index (χ1n) is 8.59. The number of aromatic amines is 1. The van der Waals surface area contributed by atoms with Crippen molar-refractivity contribution in [1.29, 1.82) is 0 Å². The van der Waals surface area contributed by atoms with Crippen molar-refractivity contribution in [2.45, 2.75) is 13.3 Å². The van der Waals surface area contributed by atoms with Gasteiger partial charge >= 0.3 is 5.97 Å². The van der Waals surface area contributed by atoms with E-state index in [1.807, 2.05) is 54.6 Å². The van der Waals surface area contributed by atoms with Gasteiger partial charge in [-0.25, -0.2) is 9.78 Å². The SMILES string of the molecule is COc1cccc(-c2nc(C(=O)OCCC#Cc3ccccc3)c(C)[nH]2)c1. The van der Waals surface area contributed by atoms with E-state index in [1.54, 1.807) is 14.0 Å². The molecule has 0 saturated carbocycles. The third kappa shape index (κ3) is 4.77. The summed E-state index contributed by atoms with van der Waals surface area (Å²) in [7, 11) is 1.61. The molecule has 136 valence electrons. The third-order valence-corrected chi connectivity index (χ3v) is 3.89. The number of benzene rings is 2. The maximum Gasteiger partial charge on any atom is 0.358 e. The second-order valence-electron chi connectivity index (χ2n) is 5.84. The number of carbonyl (C=O) groups excluding carboxylic acids is 1. The first-order chi connectivity index (χ1) is 13.2. The van der Waals surface area contributed by atoms with Crippen molar-refractivity contribution in [3.05, 3.63) is 71.5 Å². The number of methoxy groups -OCH3 is 1. The van der Waals surface area contributed by atoms with Crippen LogP contribution in [0, 0.1) is 18.8 Å². The van der Waals surface area contributed by atoms with Gasteiger partial charge in [0.25, 0.3) is 0 Å². The van der Waals surface area contributed by atoms with Crippen LogP contribution in [0.5, 0.6) is 5.75 Å². The highest BCUT2D eigenvalue weighted by atomic mass is 16.5. The fourth-order valence-electron chi connectivity index (χ4n) is 2.52. The van der Waals surface area contributed by atoms with Crippen LogP contribution in [0.25, 0.3) is 11.4 Å². The number of aromatic nitrogens is 2. The fourth-order valence-corrected chi connectivity index (χ4v) is 2.52. The number of imidazole rings is 1. The van der Waals surface area contributed by atoms with Crippen LogP contribution in [-0.2, 0) is 4.74 Å². The van der Waals surface area contributed by atoms with Crippen LogP contribution in [0.15, 0.2) is 54.6 Å². The van der Waals surface area contributed by atoms with Gasteiger partial charge in [0.1, 0.15) is 18.2 Å². The average molecular weight is 360 g/mol. The smallest absolute Gasteiger partial charge is 0.358 e. The molecule has 27 heavy (non-hydrogen) atoms. The molecule has 5 heteroatoms. The molecule has 1 heterocycles. The summed E-state index contributed by atoms with van der Waals surface area (Å²) in [6.45, 7) is 2.02. The molecule has 0 amide bonds. The molecule has 0 spiro atoms. The maximum absolute atomic E-state index is 12.3. The van der Waals surface area contributed by atoms with Gasteiger partial charge in [-0.15, -0.1) is 0 Å². The quantitative estimate of drug-likeness (QED) is 0.424. The van der Waals surface area contributed by atoms with Crippen LogP contribution in [-0.4, -0.2) is 29.7 Å². The molecule has 0 saturated heterocycles. The largest absolute Gasteiger partial charge is 0.497 e. The van der Waals surface area contributed by atoms with E-state index >= 15 is 0 Å². The Morgan fingerprint density at radius 3 is 2.74 bits per heavy atom. The van der Waals surface area contributed by atoms with Crippen LogP contribution in [0.4, 0.5) is 0 Å². The summed E-state index contributed by atoms with van der Waals surface area (Å²) in [5.41, 5.74) is 2.72. The number of hydrogen-bond acceptors (Lipinski definition) is 4. The fraction of sp³-hybridized carbons (Fsp3) is 0.182. The van der Waals surface area contributed by atoms with Gasteiger partial charge in [0.05, 0.1) is 7.11 Å². The van der Waals surface area contributed by atoms with Crippen molar-refractivity contribution in [2.75, 3.05) is 13.7 Å². The van der Waals surface area contributed by atoms with Crippen molar-refractivity contribution in [3.8, 4) is 29.0 Å². The van der Waals surface area contributed by atoms with E-state index < -0.39 is 5.97 Å². The molecular formula is C22H20N2O3. The van der Waals surface area contributed by atoms with Crippen molar-refractivity contribution in [1.82, 2.24) is 9.97 Å². The number of nitrogens with one attached hydrogen (secondary N) is 1. The van der Waals surface area contributed by atoms with E-state index in [0.29, 0.717) is 17.9 Å². The second kappa shape index (κ2) is 8.72. The number of carbonyl (C=O) groups is 1. The van der Waals surface area contributed by atoms with Gasteiger partial charge in [0.15, 0.2) is 5.69 Å². The standard InChI is InChI=1S/C22H20N2O3/c1-16-20(24-21(23-16)18-12-8-13-19(15-18)26-2)22(25)27-14-7-6-11-17-9-4-3-5-10-17/h3-5,8-10,12-13,15H,7,14H2,1-2H3,(H,23,24). The lowest BCUT2D eigenvalue weighted by Crippen LogP contribution is -2.08. The van der Waals surface area contributed by atoms with E-state index in [4.69, 9.17) is 9.47 Å². The molecule has 1 aromatic heterocycles. The molecule has 0 unspecified atom stereocenters. The second-order valence-corrected chi connectivity index (χ2v) is 5.84. The minimum absolute atomic E-state index is 0.222. The molecule has 0 bridgehead atoms. The first-order valence-corrected chi connectivity index (χ1v) is 8.59. The summed E-state index contributed by atoms with van der Waals surface area (Å²) in [5, 5.41) is 0. The van der Waals surface area contributed by atoms with Gasteiger partial charge in [0.2, 0.25) is 0 Å². The third-order valence-electron chi connectivity index (χ3n) is 3.89. The lowest BCUT2D eigenvalue weighted by molar-refractivity contribution is 0.0506. The highest BCUT2D eigenvalue weighted by molar-refractivity contribution is 5.89. The number of rotatable bonds is 5. The average Bonchev–Trinajstić information content (AvgIpc) is 3.10. The number of esters is 1. The minimum Gasteiger partial charge on any atom is -0.497 e. The molecular weight excluding hydrogens is 340 g/mol. The molecule has 0 atom stereocenters. The van der Waals surface area contributed by atoms with Gasteiger partial charge in [-0.2, -0.15) is 0 Å². The van der Waals surface area contributed by atoms with E-state index in [1.165, 1.54) is 0 Å². The number of aryl methyl sites for hydroxylation is 1. The zero-order chi connectivity index (χ0) is 19.1. The topological polar surface area (TPSA) is 64.2 Å². The van der Waals surface area contributed by atoms with E-state index in [0.717, 1.165) is 16.9 Å². The monoisotopic (exact) mass is 360 g/mol. The molecule has 3 rings (SSSR count). The number of ether oxygens (including phenoxy) is 2. The van der Waals surface area contributed by atoms with Gasteiger partial charge in [0, 0.05) is 23.2 Å². The molecule has 0 aliphatic carbocycles. The van der Waals surface area contributed by atoms with Crippen molar-refractivity contribution >= 4 is 5.97 Å². The summed E-state index contributed by atoms with van der Waals surface area (Å²) < 4.78 is 10.5. The molecule has 0 aliphatic rings. The Morgan fingerprint density at radius 2 is 1.96 bits per heavy atom. The van der Waals surface area contributed by atoms with E-state index in [9.17, 15) is 4.79 Å². The molecule has 3 aromatic rings. The van der Waals surface area contributed by atoms with Crippen LogP contribution >= 0.6 is 0 Å². The Labute approximate surface area is 158 Å². The predicted molar refractivity (Wildman–Crippen MR) is 104 cm³/mol. The summed E-state index contributed by atoms with van der Waals surface area (Å²) in [6, 6.07) is 17.2. The zero-order valence-electron chi connectivity index (χ0n) is 15.3. The highest BCUT2D eigenvalue weighted by Gasteiger charge is 2.17. The molecule has 1 N–H and O–H groups in total. The van der Waals surface area contributed by atoms with E-state index in [-0.39, 0.29) is 12.3 Å². The lowest BCUT2D eigenvalue weighted by atomic mass is 10.2. The maximum atomic E-state index is 12.3. The van der Waals surface area contributed by atoms with Crippen LogP contribution in [0.1, 0.15) is 28.2 Å². The Hall–Kier alpha value is -3.52. The van der Waals surface area contributed by atoms with Gasteiger partial charge < -0.3 is 14.5 Å². The number of H-pyrrole nitrogens is 1. The molecule has 5 nitrogen and oxygen atoms in total. The summed E-state index contributed by atoms with van der Waals surface area (Å²) in [6.07, 6.45) is 0.465. The van der Waals surface area contributed by atoms with Crippen LogP contribution in [0.2, 0.25) is 0 Å². The van der Waals surface area contributed by atoms with Crippen molar-refractivity contribution < 1.29 is 14.3 Å². The first kappa shape index (κ1) is 18.3. The number of hydrogen-bond donors (Lipinski definition) is 1. The molecule has 0 aliphatic heterocycles. The summed E-state index contributed by atoms with van der Waals surface area (Å²) in [4.78, 5) is 19.8. The molecule has 2 aromatic carbocycles. The van der Waals surface area contributed by atoms with Gasteiger partial charge in [-0.1, -0.05) is 42.2 Å². The van der Waals surface area contributed by atoms with E-state index in [2.05, 4.69) is 21.8 Å². The highest BCUT2D eigenvalue weighted by Crippen LogP contribution is 2.22. The van der Waals surface area contributed by atoms with Crippen molar-refractivity contribution in [2.24, 2.45) is 0 Å². The normalized spacial score (nSPS) is 10.0. The zero-order valence-corrected chi connectivity index (χ0v) is 15.3. The molecule has 0 fully saturated rings. The van der Waals surface area contributed by atoms with Crippen LogP contribution < -0.4 is 4.74 Å². The number of nitrogens with zero attached hydrogens (tertiary/aromatic N) is 1. The Balaban J connectivity index is 1.60. The minimum atomic E-state index is -0.459. The van der Waals surface area contributed by atoms with Crippen molar-refractivity contribution in [3.63, 3.8) is 0 Å². The lowest BCUT2D eigenvalue weighted by Gasteiger charge is -2.01.